The lowest BCUT2D eigenvalue weighted by Gasteiger charge is -2.57. The Morgan fingerprint density at radius 1 is 1.17 bits per heavy atom. The molecular weight excluding hydrogens is 260 g/mol. The Kier molecular flexibility index (Phi) is 2.92. The molecule has 4 aliphatic carbocycles. The number of aromatic nitrogens is 2. The molecule has 2 nitrogen and oxygen atoms in total. The maximum Gasteiger partial charge on any atom is 0.174 e. The van der Waals surface area contributed by atoms with E-state index >= 15 is 0 Å². The quantitative estimate of drug-likeness (QED) is 0.772. The molecule has 0 N–H and O–H groups in total. The Morgan fingerprint density at radius 3 is 2.39 bits per heavy atom. The maximum atomic E-state index is 4.13. The molecule has 4 saturated carbocycles. The third kappa shape index (κ3) is 2.11. The van der Waals surface area contributed by atoms with E-state index in [2.05, 4.69) is 10.2 Å². The molecule has 0 atom stereocenters. The van der Waals surface area contributed by atoms with Gasteiger partial charge in [-0.2, -0.15) is 0 Å². The molecule has 4 fully saturated rings. The molecule has 0 radical (unpaired) electrons. The monoisotopic (exact) mass is 280 g/mol. The van der Waals surface area contributed by atoms with Crippen molar-refractivity contribution in [3.05, 3.63) is 5.51 Å². The molecule has 4 heteroatoms. The largest absolute Gasteiger partial charge is 0.174 e. The van der Waals surface area contributed by atoms with E-state index in [4.69, 9.17) is 0 Å². The summed E-state index contributed by atoms with van der Waals surface area (Å²) in [6, 6.07) is 0. The van der Waals surface area contributed by atoms with Crippen molar-refractivity contribution in [3.63, 3.8) is 0 Å². The van der Waals surface area contributed by atoms with Crippen molar-refractivity contribution in [1.29, 1.82) is 0 Å². The zero-order valence-corrected chi connectivity index (χ0v) is 12.3. The Bertz CT molecular complexity index is 380. The van der Waals surface area contributed by atoms with Gasteiger partial charge < -0.3 is 0 Å². The predicted octanol–water partition coefficient (Wildman–Crippen LogP) is 4.24. The maximum absolute atomic E-state index is 4.13. The fourth-order valence-electron chi connectivity index (χ4n) is 5.18. The summed E-state index contributed by atoms with van der Waals surface area (Å²) in [6.45, 7) is 0. The zero-order chi connectivity index (χ0) is 12.0. The minimum Gasteiger partial charge on any atom is -0.146 e. The van der Waals surface area contributed by atoms with Crippen LogP contribution in [-0.4, -0.2) is 16.0 Å². The molecule has 0 amide bonds. The van der Waals surface area contributed by atoms with Crippen LogP contribution < -0.4 is 0 Å². The molecule has 5 rings (SSSR count). The molecule has 98 valence electrons. The van der Waals surface area contributed by atoms with Crippen LogP contribution in [0.25, 0.3) is 0 Å². The highest BCUT2D eigenvalue weighted by Gasteiger charge is 2.50. The number of hydrogen-bond donors (Lipinski definition) is 0. The summed E-state index contributed by atoms with van der Waals surface area (Å²) in [6.07, 6.45) is 10.7. The van der Waals surface area contributed by atoms with Crippen LogP contribution in [0.4, 0.5) is 0 Å². The highest BCUT2D eigenvalue weighted by atomic mass is 32.2. The van der Waals surface area contributed by atoms with Crippen molar-refractivity contribution in [1.82, 2.24) is 10.2 Å². The van der Waals surface area contributed by atoms with Crippen LogP contribution in [0.3, 0.4) is 0 Å². The van der Waals surface area contributed by atoms with Crippen LogP contribution in [0, 0.1) is 23.2 Å². The number of thioether (sulfide) groups is 1. The minimum absolute atomic E-state index is 0.729. The van der Waals surface area contributed by atoms with E-state index in [0.29, 0.717) is 0 Å². The molecular formula is C14H20N2S2. The van der Waals surface area contributed by atoms with E-state index in [1.165, 1.54) is 31.4 Å². The Balaban J connectivity index is 1.39. The fourth-order valence-corrected chi connectivity index (χ4v) is 6.92. The lowest BCUT2D eigenvalue weighted by Crippen LogP contribution is -2.46. The van der Waals surface area contributed by atoms with Crippen LogP contribution in [0.5, 0.6) is 0 Å². The number of hydrogen-bond acceptors (Lipinski definition) is 4. The second-order valence-corrected chi connectivity index (χ2v) is 8.90. The topological polar surface area (TPSA) is 25.8 Å². The Hall–Kier alpha value is -0.0900. The summed E-state index contributed by atoms with van der Waals surface area (Å²) in [7, 11) is 0. The van der Waals surface area contributed by atoms with E-state index in [1.54, 1.807) is 30.6 Å². The summed E-state index contributed by atoms with van der Waals surface area (Å²) >= 11 is 3.60. The number of nitrogens with zero attached hydrogens (tertiary/aromatic N) is 2. The molecule has 4 bridgehead atoms. The lowest BCUT2D eigenvalue weighted by atomic mass is 9.49. The van der Waals surface area contributed by atoms with Gasteiger partial charge in [0.25, 0.3) is 0 Å². The first-order chi connectivity index (χ1) is 8.81. The van der Waals surface area contributed by atoms with Crippen LogP contribution in [0.2, 0.25) is 0 Å². The summed E-state index contributed by atoms with van der Waals surface area (Å²) in [4.78, 5) is 0. The highest BCUT2D eigenvalue weighted by molar-refractivity contribution is 8.00. The van der Waals surface area contributed by atoms with E-state index in [0.717, 1.165) is 27.5 Å². The summed E-state index contributed by atoms with van der Waals surface area (Å²) in [5.74, 6) is 4.51. The minimum atomic E-state index is 0.729. The average molecular weight is 280 g/mol. The van der Waals surface area contributed by atoms with Gasteiger partial charge in [-0.15, -0.1) is 10.2 Å². The zero-order valence-electron chi connectivity index (χ0n) is 10.7. The SMILES string of the molecule is c1nnc(SCCC23CC4CC(CC(C4)C2)C3)s1. The Labute approximate surface area is 117 Å². The van der Waals surface area contributed by atoms with Crippen molar-refractivity contribution in [2.75, 3.05) is 5.75 Å². The molecule has 0 saturated heterocycles. The van der Waals surface area contributed by atoms with E-state index in [-0.39, 0.29) is 0 Å². The summed E-state index contributed by atoms with van der Waals surface area (Å²) in [5.41, 5.74) is 2.57. The van der Waals surface area contributed by atoms with Gasteiger partial charge in [-0.05, 0) is 68.1 Å². The van der Waals surface area contributed by atoms with Crippen molar-refractivity contribution in [2.45, 2.75) is 49.3 Å². The van der Waals surface area contributed by atoms with Gasteiger partial charge in [-0.3, -0.25) is 0 Å². The predicted molar refractivity (Wildman–Crippen MR) is 75.9 cm³/mol. The Morgan fingerprint density at radius 2 is 1.83 bits per heavy atom. The van der Waals surface area contributed by atoms with E-state index < -0.39 is 0 Å². The van der Waals surface area contributed by atoms with E-state index in [9.17, 15) is 0 Å². The van der Waals surface area contributed by atoms with Gasteiger partial charge in [0.1, 0.15) is 5.51 Å². The summed E-state index contributed by atoms with van der Waals surface area (Å²) in [5, 5.41) is 8.05. The van der Waals surface area contributed by atoms with Gasteiger partial charge in [0.05, 0.1) is 0 Å². The van der Waals surface area contributed by atoms with Crippen LogP contribution >= 0.6 is 23.1 Å². The third-order valence-electron chi connectivity index (χ3n) is 5.36. The van der Waals surface area contributed by atoms with Crippen molar-refractivity contribution < 1.29 is 0 Å². The van der Waals surface area contributed by atoms with Gasteiger partial charge in [-0.25, -0.2) is 0 Å². The van der Waals surface area contributed by atoms with Crippen molar-refractivity contribution >= 4 is 23.1 Å². The van der Waals surface area contributed by atoms with Crippen LogP contribution in [0.15, 0.2) is 9.85 Å². The molecule has 1 heterocycles. The molecule has 4 aliphatic rings. The van der Waals surface area contributed by atoms with Crippen LogP contribution in [-0.2, 0) is 0 Å². The van der Waals surface area contributed by atoms with Gasteiger partial charge in [0.15, 0.2) is 4.34 Å². The second-order valence-electron chi connectivity index (χ2n) is 6.72. The first kappa shape index (κ1) is 11.7. The smallest absolute Gasteiger partial charge is 0.146 e. The standard InChI is InChI=1S/C14H20N2S2/c1(2-17-13-16-15-9-18-13)14-6-10-3-11(7-14)5-12(4-10)8-14/h9-12H,1-8H2. The van der Waals surface area contributed by atoms with Gasteiger partial charge in [0.2, 0.25) is 0 Å². The highest BCUT2D eigenvalue weighted by Crippen LogP contribution is 2.61. The molecule has 0 unspecified atom stereocenters. The van der Waals surface area contributed by atoms with Gasteiger partial charge >= 0.3 is 0 Å². The van der Waals surface area contributed by atoms with E-state index in [1.807, 2.05) is 17.3 Å². The summed E-state index contributed by atoms with van der Waals surface area (Å²) < 4.78 is 1.15. The molecule has 1 aromatic heterocycles. The first-order valence-corrected chi connectivity index (χ1v) is 9.07. The molecule has 18 heavy (non-hydrogen) atoms. The molecule has 0 aromatic carbocycles. The number of rotatable bonds is 4. The van der Waals surface area contributed by atoms with Gasteiger partial charge in [-0.1, -0.05) is 23.1 Å². The second kappa shape index (κ2) is 4.48. The van der Waals surface area contributed by atoms with Crippen molar-refractivity contribution in [2.24, 2.45) is 23.2 Å². The van der Waals surface area contributed by atoms with Crippen LogP contribution in [0.1, 0.15) is 44.9 Å². The third-order valence-corrected chi connectivity index (χ3v) is 7.23. The molecule has 0 spiro atoms. The molecule has 1 aromatic rings. The average Bonchev–Trinajstić information content (AvgIpc) is 2.79. The first-order valence-electron chi connectivity index (χ1n) is 7.20. The fraction of sp³-hybridized carbons (Fsp3) is 0.857. The van der Waals surface area contributed by atoms with Crippen molar-refractivity contribution in [3.8, 4) is 0 Å². The van der Waals surface area contributed by atoms with Gasteiger partial charge in [0, 0.05) is 5.75 Å². The molecule has 0 aliphatic heterocycles. The normalized spacial score (nSPS) is 41.4. The lowest BCUT2D eigenvalue weighted by molar-refractivity contribution is -0.0538.